The molecule has 0 saturated heterocycles. The number of benzene rings is 1. The minimum Gasteiger partial charge on any atom is -0.492 e. The number of rotatable bonds is 8. The Balaban J connectivity index is 1.55. The molecule has 20 heavy (non-hydrogen) atoms. The number of unbranched alkanes of at least 4 members (excludes halogenated alkanes) is 3. The highest BCUT2D eigenvalue weighted by Gasteiger charge is 2.01. The number of aromatic amines is 1. The summed E-state index contributed by atoms with van der Waals surface area (Å²) in [5.41, 5.74) is 1.24. The summed E-state index contributed by atoms with van der Waals surface area (Å²) >= 11 is 3.53. The van der Waals surface area contributed by atoms with Gasteiger partial charge in [-0.2, -0.15) is 0 Å². The molecule has 4 heteroatoms. The van der Waals surface area contributed by atoms with Gasteiger partial charge in [-0.25, -0.2) is 4.98 Å². The zero-order chi connectivity index (χ0) is 14.2. The van der Waals surface area contributed by atoms with E-state index in [0.717, 1.165) is 35.5 Å². The van der Waals surface area contributed by atoms with Crippen LogP contribution < -0.4 is 4.74 Å². The zero-order valence-corrected chi connectivity index (χ0v) is 13.4. The summed E-state index contributed by atoms with van der Waals surface area (Å²) in [6, 6.07) is 6.18. The molecular formula is C16H21BrN2O. The van der Waals surface area contributed by atoms with Gasteiger partial charge in [0.1, 0.15) is 11.6 Å². The summed E-state index contributed by atoms with van der Waals surface area (Å²) in [6.45, 7) is 2.86. The van der Waals surface area contributed by atoms with Crippen molar-refractivity contribution in [1.29, 1.82) is 0 Å². The van der Waals surface area contributed by atoms with Crippen LogP contribution in [0.1, 0.15) is 37.1 Å². The van der Waals surface area contributed by atoms with Crippen molar-refractivity contribution in [3.05, 3.63) is 46.5 Å². The quantitative estimate of drug-likeness (QED) is 0.711. The number of hydrogen-bond donors (Lipinski definition) is 1. The van der Waals surface area contributed by atoms with Gasteiger partial charge in [0.15, 0.2) is 0 Å². The van der Waals surface area contributed by atoms with Crippen LogP contribution in [0.5, 0.6) is 5.75 Å². The van der Waals surface area contributed by atoms with Crippen LogP contribution in [0.4, 0.5) is 0 Å². The standard InChI is InChI=1S/C16H21BrN2O/c1-13-7-8-15(14(17)12-13)20-11-5-3-2-4-6-16-18-9-10-19-16/h7-10,12H,2-6,11H2,1H3,(H,18,19). The number of ether oxygens (including phenoxy) is 1. The fraction of sp³-hybridized carbons (Fsp3) is 0.438. The minimum atomic E-state index is 0.780. The minimum absolute atomic E-state index is 0.780. The van der Waals surface area contributed by atoms with E-state index in [1.165, 1.54) is 24.8 Å². The van der Waals surface area contributed by atoms with Crippen molar-refractivity contribution < 1.29 is 4.74 Å². The van der Waals surface area contributed by atoms with Gasteiger partial charge in [0.2, 0.25) is 0 Å². The molecule has 0 amide bonds. The molecule has 1 N–H and O–H groups in total. The second kappa shape index (κ2) is 8.10. The lowest BCUT2D eigenvalue weighted by atomic mass is 10.1. The van der Waals surface area contributed by atoms with Gasteiger partial charge in [-0.15, -0.1) is 0 Å². The largest absolute Gasteiger partial charge is 0.492 e. The molecule has 1 aromatic heterocycles. The van der Waals surface area contributed by atoms with E-state index in [4.69, 9.17) is 4.74 Å². The summed E-state index contributed by atoms with van der Waals surface area (Å²) in [5, 5.41) is 0. The average molecular weight is 337 g/mol. The van der Waals surface area contributed by atoms with Crippen LogP contribution >= 0.6 is 15.9 Å². The number of H-pyrrole nitrogens is 1. The molecule has 2 aromatic rings. The molecule has 0 radical (unpaired) electrons. The van der Waals surface area contributed by atoms with Crippen molar-refractivity contribution in [1.82, 2.24) is 9.97 Å². The average Bonchev–Trinajstić information content (AvgIpc) is 2.93. The van der Waals surface area contributed by atoms with Crippen LogP contribution in [-0.4, -0.2) is 16.6 Å². The van der Waals surface area contributed by atoms with Crippen LogP contribution in [0.25, 0.3) is 0 Å². The lowest BCUT2D eigenvalue weighted by molar-refractivity contribution is 0.303. The third-order valence-electron chi connectivity index (χ3n) is 3.21. The molecule has 3 nitrogen and oxygen atoms in total. The van der Waals surface area contributed by atoms with E-state index in [0.29, 0.717) is 0 Å². The Kier molecular flexibility index (Phi) is 6.12. The van der Waals surface area contributed by atoms with Crippen LogP contribution in [0.2, 0.25) is 0 Å². The molecule has 0 aliphatic carbocycles. The predicted octanol–water partition coefficient (Wildman–Crippen LogP) is 4.66. The summed E-state index contributed by atoms with van der Waals surface area (Å²) in [5.74, 6) is 2.02. The number of imidazole rings is 1. The third kappa shape index (κ3) is 5.00. The molecule has 108 valence electrons. The van der Waals surface area contributed by atoms with Gasteiger partial charge in [-0.05, 0) is 53.4 Å². The summed E-state index contributed by atoms with van der Waals surface area (Å²) < 4.78 is 6.82. The van der Waals surface area contributed by atoms with Crippen molar-refractivity contribution in [2.24, 2.45) is 0 Å². The van der Waals surface area contributed by atoms with E-state index < -0.39 is 0 Å². The van der Waals surface area contributed by atoms with Gasteiger partial charge < -0.3 is 9.72 Å². The highest BCUT2D eigenvalue weighted by atomic mass is 79.9. The highest BCUT2D eigenvalue weighted by Crippen LogP contribution is 2.25. The van der Waals surface area contributed by atoms with E-state index in [9.17, 15) is 0 Å². The van der Waals surface area contributed by atoms with Gasteiger partial charge in [0.05, 0.1) is 11.1 Å². The Hall–Kier alpha value is -1.29. The van der Waals surface area contributed by atoms with Crippen LogP contribution in [0, 0.1) is 6.92 Å². The van der Waals surface area contributed by atoms with Crippen LogP contribution in [-0.2, 0) is 6.42 Å². The lowest BCUT2D eigenvalue weighted by Crippen LogP contribution is -1.98. The number of hydrogen-bond acceptors (Lipinski definition) is 2. The van der Waals surface area contributed by atoms with Gasteiger partial charge in [-0.1, -0.05) is 18.9 Å². The summed E-state index contributed by atoms with van der Waals surface area (Å²) in [4.78, 5) is 7.35. The lowest BCUT2D eigenvalue weighted by Gasteiger charge is -2.08. The first-order valence-corrected chi connectivity index (χ1v) is 7.92. The second-order valence-corrected chi connectivity index (χ2v) is 5.84. The van der Waals surface area contributed by atoms with Crippen LogP contribution in [0.15, 0.2) is 35.1 Å². The van der Waals surface area contributed by atoms with Crippen molar-refractivity contribution in [2.75, 3.05) is 6.61 Å². The maximum absolute atomic E-state index is 5.78. The molecular weight excluding hydrogens is 316 g/mol. The fourth-order valence-electron chi connectivity index (χ4n) is 2.09. The first-order chi connectivity index (χ1) is 9.75. The maximum Gasteiger partial charge on any atom is 0.133 e. The van der Waals surface area contributed by atoms with Crippen molar-refractivity contribution in [2.45, 2.75) is 39.0 Å². The Labute approximate surface area is 128 Å². The maximum atomic E-state index is 5.78. The van der Waals surface area contributed by atoms with E-state index in [1.54, 1.807) is 0 Å². The highest BCUT2D eigenvalue weighted by molar-refractivity contribution is 9.10. The molecule has 1 aromatic carbocycles. The smallest absolute Gasteiger partial charge is 0.133 e. The Morgan fingerprint density at radius 1 is 1.20 bits per heavy atom. The molecule has 0 aliphatic heterocycles. The van der Waals surface area contributed by atoms with Gasteiger partial charge in [-0.3, -0.25) is 0 Å². The molecule has 1 heterocycles. The Morgan fingerprint density at radius 2 is 2.05 bits per heavy atom. The third-order valence-corrected chi connectivity index (χ3v) is 3.83. The normalized spacial score (nSPS) is 10.7. The van der Waals surface area contributed by atoms with Crippen molar-refractivity contribution >= 4 is 15.9 Å². The van der Waals surface area contributed by atoms with Gasteiger partial charge in [0, 0.05) is 18.8 Å². The van der Waals surface area contributed by atoms with E-state index in [1.807, 2.05) is 18.5 Å². The Bertz CT molecular complexity index is 511. The fourth-order valence-corrected chi connectivity index (χ4v) is 2.70. The predicted molar refractivity (Wildman–Crippen MR) is 85.1 cm³/mol. The number of nitrogens with zero attached hydrogens (tertiary/aromatic N) is 1. The molecule has 2 rings (SSSR count). The second-order valence-electron chi connectivity index (χ2n) is 4.98. The van der Waals surface area contributed by atoms with E-state index in [-0.39, 0.29) is 0 Å². The molecule has 0 aliphatic rings. The first kappa shape index (κ1) is 15.1. The summed E-state index contributed by atoms with van der Waals surface area (Å²) in [7, 11) is 0. The SMILES string of the molecule is Cc1ccc(OCCCCCCc2ncc[nH]2)c(Br)c1. The van der Waals surface area contributed by atoms with Crippen LogP contribution in [0.3, 0.4) is 0 Å². The van der Waals surface area contributed by atoms with Gasteiger partial charge >= 0.3 is 0 Å². The number of nitrogens with one attached hydrogen (secondary N) is 1. The molecule has 0 saturated carbocycles. The first-order valence-electron chi connectivity index (χ1n) is 7.13. The topological polar surface area (TPSA) is 37.9 Å². The monoisotopic (exact) mass is 336 g/mol. The zero-order valence-electron chi connectivity index (χ0n) is 11.9. The van der Waals surface area contributed by atoms with E-state index in [2.05, 4.69) is 45.0 Å². The van der Waals surface area contributed by atoms with Crippen molar-refractivity contribution in [3.8, 4) is 5.75 Å². The molecule has 0 unspecified atom stereocenters. The number of halogens is 1. The molecule has 0 bridgehead atoms. The number of aryl methyl sites for hydroxylation is 2. The van der Waals surface area contributed by atoms with Gasteiger partial charge in [0.25, 0.3) is 0 Å². The molecule has 0 atom stereocenters. The summed E-state index contributed by atoms with van der Waals surface area (Å²) in [6.07, 6.45) is 9.42. The molecule has 0 fully saturated rings. The number of aromatic nitrogens is 2. The molecule has 0 spiro atoms. The van der Waals surface area contributed by atoms with E-state index >= 15 is 0 Å². The Morgan fingerprint density at radius 3 is 2.80 bits per heavy atom. The van der Waals surface area contributed by atoms with Crippen molar-refractivity contribution in [3.63, 3.8) is 0 Å².